The first kappa shape index (κ1) is 20.0. The van der Waals surface area contributed by atoms with Crippen molar-refractivity contribution in [2.45, 2.75) is 41.0 Å². The fraction of sp³-hybridized carbons (Fsp3) is 0.500. The highest BCUT2D eigenvalue weighted by Crippen LogP contribution is 2.24. The summed E-state index contributed by atoms with van der Waals surface area (Å²) in [6.07, 6.45) is 6.92. The van der Waals surface area contributed by atoms with E-state index in [1.54, 1.807) is 0 Å². The normalized spacial score (nSPS) is 14.3. The van der Waals surface area contributed by atoms with Gasteiger partial charge >= 0.3 is 0 Å². The van der Waals surface area contributed by atoms with Crippen LogP contribution in [0.25, 0.3) is 0 Å². The summed E-state index contributed by atoms with van der Waals surface area (Å²) < 4.78 is 0. The molecule has 3 nitrogen and oxygen atoms in total. The van der Waals surface area contributed by atoms with Crippen molar-refractivity contribution < 1.29 is 0 Å². The molecule has 0 bridgehead atoms. The lowest BCUT2D eigenvalue weighted by atomic mass is 10.2. The molecule has 0 aromatic rings. The van der Waals surface area contributed by atoms with Crippen LogP contribution in [0.15, 0.2) is 48.4 Å². The van der Waals surface area contributed by atoms with Gasteiger partial charge in [0, 0.05) is 26.2 Å². The number of rotatable bonds is 3. The molecule has 1 aliphatic rings. The van der Waals surface area contributed by atoms with Crippen LogP contribution in [0.4, 0.5) is 0 Å². The Morgan fingerprint density at radius 1 is 1.32 bits per heavy atom. The molecule has 1 heterocycles. The Kier molecular flexibility index (Phi) is 12.4. The average molecular weight is 265 g/mol. The topological polar surface area (TPSA) is 18.5 Å². The standard InChI is InChI=1S/C12H19N3.2C2H6/c1-6-12-10(2)8-7-9-11(3)15(12)14(5)13-4;2*1-2/h6-8,13H,1,3,9H2,2,4-5H3;2*1-2H3. The summed E-state index contributed by atoms with van der Waals surface area (Å²) in [5.41, 5.74) is 6.34. The van der Waals surface area contributed by atoms with Gasteiger partial charge in [0.05, 0.1) is 5.70 Å². The van der Waals surface area contributed by atoms with Gasteiger partial charge in [0.1, 0.15) is 0 Å². The molecule has 0 saturated carbocycles. The molecule has 110 valence electrons. The lowest BCUT2D eigenvalue weighted by Gasteiger charge is -2.34. The molecule has 0 atom stereocenters. The molecule has 3 heteroatoms. The zero-order chi connectivity index (χ0) is 15.4. The second kappa shape index (κ2) is 11.8. The van der Waals surface area contributed by atoms with Gasteiger partial charge in [0.15, 0.2) is 0 Å². The van der Waals surface area contributed by atoms with E-state index < -0.39 is 0 Å². The van der Waals surface area contributed by atoms with Gasteiger partial charge in [-0.05, 0) is 18.6 Å². The molecule has 1 aliphatic heterocycles. The number of nitrogens with one attached hydrogen (secondary N) is 1. The molecule has 0 fully saturated rings. The van der Waals surface area contributed by atoms with Crippen LogP contribution in [-0.2, 0) is 0 Å². The SMILES string of the molecule is C=CC1=C(C)C=CCC(=C)N1N(C)NC.CC.CC. The number of hydrazine groups is 2. The lowest BCUT2D eigenvalue weighted by molar-refractivity contribution is 0.0287. The number of nitrogens with zero attached hydrogens (tertiary/aromatic N) is 2. The highest BCUT2D eigenvalue weighted by atomic mass is 15.8. The zero-order valence-electron chi connectivity index (χ0n) is 13.7. The first-order valence-electron chi connectivity index (χ1n) is 7.00. The minimum absolute atomic E-state index is 0.848. The maximum atomic E-state index is 4.07. The summed E-state index contributed by atoms with van der Waals surface area (Å²) in [6, 6.07) is 0. The van der Waals surface area contributed by atoms with E-state index in [1.807, 2.05) is 58.0 Å². The van der Waals surface area contributed by atoms with Crippen LogP contribution in [0.1, 0.15) is 41.0 Å². The molecule has 0 saturated heterocycles. The Bertz CT molecular complexity index is 327. The van der Waals surface area contributed by atoms with Gasteiger partial charge in [-0.3, -0.25) is 5.01 Å². The molecule has 1 rings (SSSR count). The zero-order valence-corrected chi connectivity index (χ0v) is 13.7. The van der Waals surface area contributed by atoms with E-state index in [0.717, 1.165) is 17.8 Å². The molecule has 0 spiro atoms. The minimum atomic E-state index is 0.848. The monoisotopic (exact) mass is 265 g/mol. The largest absolute Gasteiger partial charge is 0.265 e. The molecule has 0 aromatic heterocycles. The summed E-state index contributed by atoms with van der Waals surface area (Å²) in [4.78, 5) is 0. The van der Waals surface area contributed by atoms with Crippen molar-refractivity contribution in [3.8, 4) is 0 Å². The van der Waals surface area contributed by atoms with E-state index in [2.05, 4.69) is 37.7 Å². The molecule has 1 N–H and O–H groups in total. The first-order chi connectivity index (χ1) is 9.11. The molecule has 19 heavy (non-hydrogen) atoms. The van der Waals surface area contributed by atoms with Gasteiger partial charge in [0.2, 0.25) is 0 Å². The van der Waals surface area contributed by atoms with Gasteiger partial charge in [-0.1, -0.05) is 53.0 Å². The molecule has 0 aromatic carbocycles. The van der Waals surface area contributed by atoms with Gasteiger partial charge in [-0.2, -0.15) is 5.12 Å². The van der Waals surface area contributed by atoms with E-state index in [9.17, 15) is 0 Å². The van der Waals surface area contributed by atoms with Crippen LogP contribution in [0.5, 0.6) is 0 Å². The van der Waals surface area contributed by atoms with Crippen LogP contribution >= 0.6 is 0 Å². The van der Waals surface area contributed by atoms with Crippen LogP contribution < -0.4 is 5.43 Å². The van der Waals surface area contributed by atoms with Crippen LogP contribution in [0, 0.1) is 0 Å². The third-order valence-corrected chi connectivity index (χ3v) is 2.47. The van der Waals surface area contributed by atoms with Crippen molar-refractivity contribution in [1.29, 1.82) is 0 Å². The van der Waals surface area contributed by atoms with E-state index in [-0.39, 0.29) is 0 Å². The van der Waals surface area contributed by atoms with Crippen molar-refractivity contribution >= 4 is 0 Å². The third-order valence-electron chi connectivity index (χ3n) is 2.47. The van der Waals surface area contributed by atoms with E-state index in [4.69, 9.17) is 0 Å². The number of hydrogen-bond donors (Lipinski definition) is 1. The smallest absolute Gasteiger partial charge is 0.0613 e. The van der Waals surface area contributed by atoms with Gasteiger partial charge in [-0.15, -0.1) is 0 Å². The van der Waals surface area contributed by atoms with Gasteiger partial charge in [-0.25, -0.2) is 5.43 Å². The molecule has 0 aliphatic carbocycles. The molecule has 0 radical (unpaired) electrons. The summed E-state index contributed by atoms with van der Waals surface area (Å²) >= 11 is 0. The Balaban J connectivity index is 0. The van der Waals surface area contributed by atoms with Crippen LogP contribution in [-0.4, -0.2) is 24.2 Å². The highest BCUT2D eigenvalue weighted by Gasteiger charge is 2.17. The number of allylic oxidation sites excluding steroid dienone is 4. The summed E-state index contributed by atoms with van der Waals surface area (Å²) in [5, 5.41) is 3.93. The molecule has 0 unspecified atom stereocenters. The fourth-order valence-electron chi connectivity index (χ4n) is 1.60. The van der Waals surface area contributed by atoms with Crippen molar-refractivity contribution in [3.63, 3.8) is 0 Å². The molecule has 0 amide bonds. The average Bonchev–Trinajstić information content (AvgIpc) is 2.61. The maximum absolute atomic E-state index is 4.07. The Labute approximate surface area is 119 Å². The second-order valence-corrected chi connectivity index (χ2v) is 3.50. The summed E-state index contributed by atoms with van der Waals surface area (Å²) in [6.45, 7) is 18.0. The van der Waals surface area contributed by atoms with E-state index in [0.29, 0.717) is 0 Å². The summed E-state index contributed by atoms with van der Waals surface area (Å²) in [5.74, 6) is 0. The van der Waals surface area contributed by atoms with E-state index >= 15 is 0 Å². The number of hydrogen-bond acceptors (Lipinski definition) is 3. The predicted molar refractivity (Wildman–Crippen MR) is 87.2 cm³/mol. The van der Waals surface area contributed by atoms with Crippen molar-refractivity contribution in [1.82, 2.24) is 15.6 Å². The molecular formula is C16H31N3. The third kappa shape index (κ3) is 5.90. The summed E-state index contributed by atoms with van der Waals surface area (Å²) in [7, 11) is 3.83. The molecular weight excluding hydrogens is 234 g/mol. The van der Waals surface area contributed by atoms with Crippen molar-refractivity contribution in [3.05, 3.63) is 48.4 Å². The highest BCUT2D eigenvalue weighted by molar-refractivity contribution is 5.34. The van der Waals surface area contributed by atoms with Crippen molar-refractivity contribution in [2.75, 3.05) is 14.1 Å². The first-order valence-corrected chi connectivity index (χ1v) is 7.00. The van der Waals surface area contributed by atoms with E-state index in [1.165, 1.54) is 5.57 Å². The Hall–Kier alpha value is -1.32. The predicted octanol–water partition coefficient (Wildman–Crippen LogP) is 4.26. The van der Waals surface area contributed by atoms with Gasteiger partial charge < -0.3 is 0 Å². The fourth-order valence-corrected chi connectivity index (χ4v) is 1.60. The van der Waals surface area contributed by atoms with Gasteiger partial charge in [0.25, 0.3) is 0 Å². The Morgan fingerprint density at radius 2 is 1.84 bits per heavy atom. The van der Waals surface area contributed by atoms with Crippen LogP contribution in [0.3, 0.4) is 0 Å². The van der Waals surface area contributed by atoms with Crippen molar-refractivity contribution in [2.24, 2.45) is 0 Å². The van der Waals surface area contributed by atoms with Crippen LogP contribution in [0.2, 0.25) is 0 Å². The lowest BCUT2D eigenvalue weighted by Crippen LogP contribution is -2.45. The second-order valence-electron chi connectivity index (χ2n) is 3.50. The Morgan fingerprint density at radius 3 is 2.26 bits per heavy atom. The quantitative estimate of drug-likeness (QED) is 0.769. The minimum Gasteiger partial charge on any atom is -0.265 e. The maximum Gasteiger partial charge on any atom is 0.0613 e.